The first kappa shape index (κ1) is 11.0. The molecule has 2 unspecified atom stereocenters. The van der Waals surface area contributed by atoms with Crippen LogP contribution in [0.15, 0.2) is 24.4 Å². The smallest absolute Gasteiger partial charge is 0.234 e. The van der Waals surface area contributed by atoms with Crippen LogP contribution in [0, 0.1) is 5.92 Å². The number of ether oxygens (including phenoxy) is 1. The third-order valence-electron chi connectivity index (χ3n) is 2.77. The molecule has 1 fully saturated rings. The van der Waals surface area contributed by atoms with E-state index in [-0.39, 0.29) is 17.9 Å². The summed E-state index contributed by atoms with van der Waals surface area (Å²) >= 11 is 0. The van der Waals surface area contributed by atoms with E-state index in [0.29, 0.717) is 19.0 Å². The second-order valence-electron chi connectivity index (χ2n) is 3.89. The zero-order valence-corrected chi connectivity index (χ0v) is 9.17. The van der Waals surface area contributed by atoms with Crippen LogP contribution in [0.3, 0.4) is 0 Å². The minimum atomic E-state index is -0.257. The van der Waals surface area contributed by atoms with Crippen molar-refractivity contribution in [3.63, 3.8) is 0 Å². The lowest BCUT2D eigenvalue weighted by molar-refractivity contribution is -0.122. The van der Waals surface area contributed by atoms with Gasteiger partial charge < -0.3 is 10.5 Å². The first-order valence-corrected chi connectivity index (χ1v) is 5.22. The second kappa shape index (κ2) is 4.59. The van der Waals surface area contributed by atoms with Crippen LogP contribution in [0.4, 0.5) is 5.82 Å². The molecule has 1 aromatic heterocycles. The number of nitrogens with zero attached hydrogens (tertiary/aromatic N) is 2. The predicted molar refractivity (Wildman–Crippen MR) is 59.9 cm³/mol. The summed E-state index contributed by atoms with van der Waals surface area (Å²) in [4.78, 5) is 17.7. The summed E-state index contributed by atoms with van der Waals surface area (Å²) < 4.78 is 5.18. The number of anilines is 1. The number of aromatic nitrogens is 1. The number of carbonyl (C=O) groups excluding carboxylic acids is 1. The molecule has 2 N–H and O–H groups in total. The van der Waals surface area contributed by atoms with E-state index in [0.717, 1.165) is 0 Å². The van der Waals surface area contributed by atoms with E-state index >= 15 is 0 Å². The number of hydrogen-bond donors (Lipinski definition) is 1. The van der Waals surface area contributed by atoms with Crippen molar-refractivity contribution in [2.24, 2.45) is 11.7 Å². The summed E-state index contributed by atoms with van der Waals surface area (Å²) in [6.07, 6.45) is 1.66. The highest BCUT2D eigenvalue weighted by atomic mass is 16.5. The van der Waals surface area contributed by atoms with Gasteiger partial charge in [0, 0.05) is 19.3 Å². The summed E-state index contributed by atoms with van der Waals surface area (Å²) in [5.41, 5.74) is 5.80. The molecule has 2 heterocycles. The highest BCUT2D eigenvalue weighted by Crippen LogP contribution is 2.17. The molecule has 0 radical (unpaired) electrons. The lowest BCUT2D eigenvalue weighted by Gasteiger charge is -2.21. The molecule has 0 aromatic carbocycles. The zero-order valence-electron chi connectivity index (χ0n) is 9.17. The summed E-state index contributed by atoms with van der Waals surface area (Å²) in [7, 11) is 1.70. The van der Waals surface area contributed by atoms with Crippen LogP contribution < -0.4 is 10.6 Å². The normalized spacial score (nSPS) is 24.4. The van der Waals surface area contributed by atoms with Gasteiger partial charge in [-0.05, 0) is 12.1 Å². The van der Waals surface area contributed by atoms with Crippen molar-refractivity contribution >= 4 is 11.7 Å². The molecule has 1 aliphatic rings. The van der Waals surface area contributed by atoms with Gasteiger partial charge in [-0.1, -0.05) is 6.07 Å². The van der Waals surface area contributed by atoms with Gasteiger partial charge in [0.1, 0.15) is 5.82 Å². The number of amides is 1. The van der Waals surface area contributed by atoms with Crippen LogP contribution in [0.25, 0.3) is 0 Å². The number of rotatable bonds is 2. The van der Waals surface area contributed by atoms with Gasteiger partial charge >= 0.3 is 0 Å². The molecule has 0 aliphatic carbocycles. The Balaban J connectivity index is 2.10. The van der Waals surface area contributed by atoms with Gasteiger partial charge in [-0.15, -0.1) is 0 Å². The number of carbonyl (C=O) groups is 1. The number of pyridine rings is 1. The molecule has 0 spiro atoms. The van der Waals surface area contributed by atoms with Gasteiger partial charge in [-0.2, -0.15) is 0 Å². The van der Waals surface area contributed by atoms with Crippen LogP contribution in [0.5, 0.6) is 0 Å². The SMILES string of the molecule is CN(C(=O)C1COCC1N)c1ccccn1. The van der Waals surface area contributed by atoms with Crippen molar-refractivity contribution in [3.05, 3.63) is 24.4 Å². The Morgan fingerprint density at radius 2 is 2.38 bits per heavy atom. The van der Waals surface area contributed by atoms with Crippen molar-refractivity contribution in [1.82, 2.24) is 4.98 Å². The fourth-order valence-corrected chi connectivity index (χ4v) is 1.74. The van der Waals surface area contributed by atoms with Crippen molar-refractivity contribution in [3.8, 4) is 0 Å². The van der Waals surface area contributed by atoms with Crippen LogP contribution >= 0.6 is 0 Å². The van der Waals surface area contributed by atoms with E-state index in [9.17, 15) is 4.79 Å². The number of nitrogens with two attached hydrogens (primary N) is 1. The first-order chi connectivity index (χ1) is 7.70. The minimum absolute atomic E-state index is 0.0382. The third-order valence-corrected chi connectivity index (χ3v) is 2.77. The maximum Gasteiger partial charge on any atom is 0.234 e. The lowest BCUT2D eigenvalue weighted by atomic mass is 10.0. The molecule has 1 amide bonds. The van der Waals surface area contributed by atoms with E-state index in [4.69, 9.17) is 10.5 Å². The lowest BCUT2D eigenvalue weighted by Crippen LogP contribution is -2.42. The molecule has 2 atom stereocenters. The summed E-state index contributed by atoms with van der Waals surface area (Å²) in [6.45, 7) is 0.851. The van der Waals surface area contributed by atoms with Gasteiger partial charge in [-0.3, -0.25) is 9.69 Å². The zero-order chi connectivity index (χ0) is 11.5. The number of hydrogen-bond acceptors (Lipinski definition) is 4. The maximum atomic E-state index is 12.1. The standard InChI is InChI=1S/C11H15N3O2/c1-14(10-4-2-3-5-13-10)11(15)8-6-16-7-9(8)12/h2-5,8-9H,6-7,12H2,1H3. The molecular weight excluding hydrogens is 206 g/mol. The van der Waals surface area contributed by atoms with Crippen LogP contribution in [-0.2, 0) is 9.53 Å². The van der Waals surface area contributed by atoms with Gasteiger partial charge in [0.25, 0.3) is 0 Å². The van der Waals surface area contributed by atoms with Gasteiger partial charge in [-0.25, -0.2) is 4.98 Å². The van der Waals surface area contributed by atoms with Crippen molar-refractivity contribution in [2.45, 2.75) is 6.04 Å². The second-order valence-corrected chi connectivity index (χ2v) is 3.89. The molecule has 5 heteroatoms. The van der Waals surface area contributed by atoms with Crippen LogP contribution in [-0.4, -0.2) is 37.2 Å². The van der Waals surface area contributed by atoms with Gasteiger partial charge in [0.2, 0.25) is 5.91 Å². The highest BCUT2D eigenvalue weighted by Gasteiger charge is 2.33. The van der Waals surface area contributed by atoms with Crippen molar-refractivity contribution in [1.29, 1.82) is 0 Å². The molecule has 1 aliphatic heterocycles. The molecule has 1 aromatic rings. The Labute approximate surface area is 94.2 Å². The fourth-order valence-electron chi connectivity index (χ4n) is 1.74. The largest absolute Gasteiger partial charge is 0.379 e. The first-order valence-electron chi connectivity index (χ1n) is 5.22. The molecule has 0 saturated carbocycles. The Morgan fingerprint density at radius 3 is 2.94 bits per heavy atom. The van der Waals surface area contributed by atoms with Crippen LogP contribution in [0.2, 0.25) is 0 Å². The Morgan fingerprint density at radius 1 is 1.56 bits per heavy atom. The Kier molecular flexibility index (Phi) is 3.17. The quantitative estimate of drug-likeness (QED) is 0.764. The van der Waals surface area contributed by atoms with Crippen molar-refractivity contribution in [2.75, 3.05) is 25.2 Å². The predicted octanol–water partition coefficient (Wildman–Crippen LogP) is 0.0181. The summed E-state index contributed by atoms with van der Waals surface area (Å²) in [5, 5.41) is 0. The molecule has 1 saturated heterocycles. The van der Waals surface area contributed by atoms with E-state index in [1.54, 1.807) is 19.3 Å². The molecule has 5 nitrogen and oxygen atoms in total. The Hall–Kier alpha value is -1.46. The minimum Gasteiger partial charge on any atom is -0.379 e. The molecule has 16 heavy (non-hydrogen) atoms. The van der Waals surface area contributed by atoms with E-state index in [2.05, 4.69) is 4.98 Å². The van der Waals surface area contributed by atoms with Crippen molar-refractivity contribution < 1.29 is 9.53 Å². The van der Waals surface area contributed by atoms with E-state index < -0.39 is 0 Å². The summed E-state index contributed by atoms with van der Waals surface area (Å²) in [6, 6.07) is 5.24. The topological polar surface area (TPSA) is 68.5 Å². The molecule has 86 valence electrons. The van der Waals surface area contributed by atoms with Crippen LogP contribution in [0.1, 0.15) is 0 Å². The van der Waals surface area contributed by atoms with Gasteiger partial charge in [0.05, 0.1) is 19.1 Å². The van der Waals surface area contributed by atoms with E-state index in [1.807, 2.05) is 12.1 Å². The summed E-state index contributed by atoms with van der Waals surface area (Å²) in [5.74, 6) is 0.335. The monoisotopic (exact) mass is 221 g/mol. The average Bonchev–Trinajstić information content (AvgIpc) is 2.75. The molecule has 0 bridgehead atoms. The highest BCUT2D eigenvalue weighted by molar-refractivity contribution is 5.94. The van der Waals surface area contributed by atoms with Gasteiger partial charge in [0.15, 0.2) is 0 Å². The third kappa shape index (κ3) is 2.05. The fraction of sp³-hybridized carbons (Fsp3) is 0.455. The Bertz CT molecular complexity index is 369. The molecular formula is C11H15N3O2. The molecule has 2 rings (SSSR count). The maximum absolute atomic E-state index is 12.1. The average molecular weight is 221 g/mol. The van der Waals surface area contributed by atoms with E-state index in [1.165, 1.54) is 4.90 Å².